The number of benzene rings is 2. The van der Waals surface area contributed by atoms with Crippen molar-refractivity contribution in [3.05, 3.63) is 65.2 Å². The van der Waals surface area contributed by atoms with Crippen LogP contribution in [0, 0.1) is 0 Å². The Morgan fingerprint density at radius 1 is 1.05 bits per heavy atom. The first-order valence-corrected chi connectivity index (χ1v) is 7.49. The average molecular weight is 319 g/mol. The SMILES string of the molecule is BrCCOC1c2ccccc2COc2ccccc21. The van der Waals surface area contributed by atoms with E-state index in [9.17, 15) is 0 Å². The molecule has 3 rings (SSSR count). The Morgan fingerprint density at radius 3 is 2.63 bits per heavy atom. The molecule has 0 N–H and O–H groups in total. The average Bonchev–Trinajstić information content (AvgIpc) is 2.62. The number of alkyl halides is 1. The number of ether oxygens (including phenoxy) is 2. The molecule has 0 radical (unpaired) electrons. The van der Waals surface area contributed by atoms with Crippen LogP contribution in [-0.4, -0.2) is 11.9 Å². The topological polar surface area (TPSA) is 18.5 Å². The lowest BCUT2D eigenvalue weighted by Crippen LogP contribution is -2.08. The van der Waals surface area contributed by atoms with Gasteiger partial charge in [-0.3, -0.25) is 0 Å². The molecule has 0 bridgehead atoms. The first kappa shape index (κ1) is 12.7. The lowest BCUT2D eigenvalue weighted by molar-refractivity contribution is 0.0935. The standard InChI is InChI=1S/C16H15BrO2/c17-9-10-18-16-13-6-2-1-5-12(13)11-19-15-8-4-3-7-14(15)16/h1-8,16H,9-11H2. The Bertz CT molecular complexity index is 521. The molecule has 2 aromatic rings. The summed E-state index contributed by atoms with van der Waals surface area (Å²) in [6.07, 6.45) is -0.0487. The van der Waals surface area contributed by atoms with Gasteiger partial charge in [0.25, 0.3) is 0 Å². The van der Waals surface area contributed by atoms with Crippen LogP contribution in [0.15, 0.2) is 48.5 Å². The van der Waals surface area contributed by atoms with Crippen molar-refractivity contribution in [2.45, 2.75) is 12.7 Å². The van der Waals surface area contributed by atoms with Gasteiger partial charge < -0.3 is 9.47 Å². The maximum atomic E-state index is 6.04. The summed E-state index contributed by atoms with van der Waals surface area (Å²) in [5.41, 5.74) is 3.50. The van der Waals surface area contributed by atoms with Gasteiger partial charge in [0.05, 0.1) is 6.61 Å². The molecule has 0 spiro atoms. The summed E-state index contributed by atoms with van der Waals surface area (Å²) in [5, 5.41) is 0.828. The van der Waals surface area contributed by atoms with Gasteiger partial charge in [-0.1, -0.05) is 58.4 Å². The first-order valence-electron chi connectivity index (χ1n) is 6.37. The lowest BCUT2D eigenvalue weighted by atomic mass is 9.97. The quantitative estimate of drug-likeness (QED) is 0.794. The van der Waals surface area contributed by atoms with Crippen molar-refractivity contribution < 1.29 is 9.47 Å². The summed E-state index contributed by atoms with van der Waals surface area (Å²) >= 11 is 3.42. The van der Waals surface area contributed by atoms with Crippen LogP contribution in [0.25, 0.3) is 0 Å². The van der Waals surface area contributed by atoms with Crippen molar-refractivity contribution in [1.29, 1.82) is 0 Å². The Labute approximate surface area is 121 Å². The van der Waals surface area contributed by atoms with E-state index in [1.165, 1.54) is 11.1 Å². The molecule has 0 fully saturated rings. The number of hydrogen-bond acceptors (Lipinski definition) is 2. The van der Waals surface area contributed by atoms with E-state index in [-0.39, 0.29) is 6.10 Å². The van der Waals surface area contributed by atoms with E-state index in [0.717, 1.165) is 16.6 Å². The number of hydrogen-bond donors (Lipinski definition) is 0. The minimum Gasteiger partial charge on any atom is -0.488 e. The number of rotatable bonds is 3. The molecule has 0 saturated carbocycles. The van der Waals surface area contributed by atoms with Crippen LogP contribution in [0.1, 0.15) is 22.8 Å². The van der Waals surface area contributed by atoms with Crippen LogP contribution in [0.2, 0.25) is 0 Å². The van der Waals surface area contributed by atoms with Crippen LogP contribution in [0.4, 0.5) is 0 Å². The molecule has 0 aromatic heterocycles. The Kier molecular flexibility index (Phi) is 3.85. The molecule has 1 aliphatic rings. The minimum absolute atomic E-state index is 0.0487. The maximum Gasteiger partial charge on any atom is 0.125 e. The highest BCUT2D eigenvalue weighted by Gasteiger charge is 2.24. The summed E-state index contributed by atoms with van der Waals surface area (Å²) in [6, 6.07) is 16.4. The maximum absolute atomic E-state index is 6.04. The van der Waals surface area contributed by atoms with Gasteiger partial charge in [-0.15, -0.1) is 0 Å². The molecule has 0 saturated heterocycles. The summed E-state index contributed by atoms with van der Waals surface area (Å²) in [6.45, 7) is 1.27. The molecule has 1 atom stereocenters. The normalized spacial score (nSPS) is 17.0. The minimum atomic E-state index is -0.0487. The molecule has 2 aromatic carbocycles. The lowest BCUT2D eigenvalue weighted by Gasteiger charge is -2.19. The van der Waals surface area contributed by atoms with Crippen molar-refractivity contribution in [3.8, 4) is 5.75 Å². The third-order valence-corrected chi connectivity index (χ3v) is 3.61. The second-order valence-electron chi connectivity index (χ2n) is 4.47. The fourth-order valence-electron chi connectivity index (χ4n) is 2.41. The van der Waals surface area contributed by atoms with Gasteiger partial charge in [0, 0.05) is 10.9 Å². The third kappa shape index (κ3) is 2.53. The fraction of sp³-hybridized carbons (Fsp3) is 0.250. The zero-order valence-electron chi connectivity index (χ0n) is 10.5. The highest BCUT2D eigenvalue weighted by molar-refractivity contribution is 9.09. The van der Waals surface area contributed by atoms with Gasteiger partial charge in [0.1, 0.15) is 18.5 Å². The summed E-state index contributed by atoms with van der Waals surface area (Å²) in [5.74, 6) is 0.915. The van der Waals surface area contributed by atoms with Gasteiger partial charge in [-0.2, -0.15) is 0 Å². The van der Waals surface area contributed by atoms with Crippen molar-refractivity contribution in [1.82, 2.24) is 0 Å². The van der Waals surface area contributed by atoms with Crippen molar-refractivity contribution in [2.24, 2.45) is 0 Å². The van der Waals surface area contributed by atoms with Gasteiger partial charge in [0.2, 0.25) is 0 Å². The number of halogens is 1. The monoisotopic (exact) mass is 318 g/mol. The molecule has 98 valence electrons. The predicted molar refractivity (Wildman–Crippen MR) is 78.8 cm³/mol. The second kappa shape index (κ2) is 5.76. The van der Waals surface area contributed by atoms with E-state index in [2.05, 4.69) is 40.2 Å². The van der Waals surface area contributed by atoms with E-state index in [4.69, 9.17) is 9.47 Å². The van der Waals surface area contributed by atoms with Crippen LogP contribution in [0.5, 0.6) is 5.75 Å². The van der Waals surface area contributed by atoms with Crippen molar-refractivity contribution >= 4 is 15.9 Å². The summed E-state index contributed by atoms with van der Waals surface area (Å²) in [7, 11) is 0. The van der Waals surface area contributed by atoms with Crippen LogP contribution in [-0.2, 0) is 11.3 Å². The zero-order chi connectivity index (χ0) is 13.1. The predicted octanol–water partition coefficient (Wildman–Crippen LogP) is 4.08. The van der Waals surface area contributed by atoms with E-state index >= 15 is 0 Å². The Morgan fingerprint density at radius 2 is 1.79 bits per heavy atom. The molecule has 19 heavy (non-hydrogen) atoms. The molecule has 2 nitrogen and oxygen atoms in total. The van der Waals surface area contributed by atoms with Crippen LogP contribution in [0.3, 0.4) is 0 Å². The van der Waals surface area contributed by atoms with E-state index < -0.39 is 0 Å². The summed E-state index contributed by atoms with van der Waals surface area (Å²) in [4.78, 5) is 0. The molecular formula is C16H15BrO2. The Hall–Kier alpha value is -1.32. The van der Waals surface area contributed by atoms with Crippen LogP contribution < -0.4 is 4.74 Å². The number of fused-ring (bicyclic) bond motifs is 2. The van der Waals surface area contributed by atoms with Gasteiger partial charge in [0.15, 0.2) is 0 Å². The third-order valence-electron chi connectivity index (χ3n) is 3.28. The number of para-hydroxylation sites is 1. The van der Waals surface area contributed by atoms with Gasteiger partial charge in [-0.05, 0) is 17.2 Å². The molecule has 0 amide bonds. The van der Waals surface area contributed by atoms with Crippen molar-refractivity contribution in [2.75, 3.05) is 11.9 Å². The highest BCUT2D eigenvalue weighted by atomic mass is 79.9. The van der Waals surface area contributed by atoms with E-state index in [0.29, 0.717) is 13.2 Å². The zero-order valence-corrected chi connectivity index (χ0v) is 12.1. The molecular weight excluding hydrogens is 304 g/mol. The molecule has 0 aliphatic carbocycles. The van der Waals surface area contributed by atoms with Crippen molar-refractivity contribution in [3.63, 3.8) is 0 Å². The second-order valence-corrected chi connectivity index (χ2v) is 5.26. The van der Waals surface area contributed by atoms with Crippen LogP contribution >= 0.6 is 15.9 Å². The molecule has 3 heteroatoms. The largest absolute Gasteiger partial charge is 0.488 e. The van der Waals surface area contributed by atoms with Gasteiger partial charge >= 0.3 is 0 Å². The van der Waals surface area contributed by atoms with E-state index in [1.807, 2.05) is 24.3 Å². The summed E-state index contributed by atoms with van der Waals surface area (Å²) < 4.78 is 11.9. The smallest absolute Gasteiger partial charge is 0.125 e. The van der Waals surface area contributed by atoms with E-state index in [1.54, 1.807) is 0 Å². The first-order chi connectivity index (χ1) is 9.40. The molecule has 1 aliphatic heterocycles. The fourth-order valence-corrected chi connectivity index (χ4v) is 2.60. The highest BCUT2D eigenvalue weighted by Crippen LogP contribution is 2.37. The molecule has 1 unspecified atom stereocenters. The molecule has 1 heterocycles. The van der Waals surface area contributed by atoms with Gasteiger partial charge in [-0.25, -0.2) is 0 Å². The Balaban J connectivity index is 2.08.